The number of carbonyl (C=O) groups is 2. The van der Waals surface area contributed by atoms with Gasteiger partial charge in [0.1, 0.15) is 13.1 Å². The molecule has 2 aliphatic heterocycles. The van der Waals surface area contributed by atoms with E-state index in [1.54, 1.807) is 42.5 Å². The lowest BCUT2D eigenvalue weighted by Gasteiger charge is -2.45. The largest absolute Gasteiger partial charge is 0.618 e. The van der Waals surface area contributed by atoms with Crippen molar-refractivity contribution >= 4 is 35.2 Å². The number of hydrogen-bond donors (Lipinski definition) is 0. The lowest BCUT2D eigenvalue weighted by molar-refractivity contribution is -0.731. The highest BCUT2D eigenvalue weighted by Gasteiger charge is 2.44. The van der Waals surface area contributed by atoms with Crippen LogP contribution in [0.25, 0.3) is 0 Å². The van der Waals surface area contributed by atoms with Gasteiger partial charge in [-0.15, -0.1) is 11.8 Å². The molecule has 0 N–H and O–H groups in total. The van der Waals surface area contributed by atoms with E-state index in [2.05, 4.69) is 9.97 Å². The Morgan fingerprint density at radius 3 is 2.82 bits per heavy atom. The molecule has 5 rings (SSSR count). The minimum atomic E-state index is -1.44. The average Bonchev–Trinajstić information content (AvgIpc) is 2.98. The summed E-state index contributed by atoms with van der Waals surface area (Å²) in [7, 11) is 0. The number of nitrogens with zero attached hydrogens (tertiary/aromatic N) is 4. The predicted molar refractivity (Wildman–Crippen MR) is 125 cm³/mol. The van der Waals surface area contributed by atoms with Gasteiger partial charge in [-0.3, -0.25) is 14.9 Å². The number of hydroxylamine groups is 3. The molecule has 7 nitrogen and oxygen atoms in total. The first-order valence-corrected chi connectivity index (χ1v) is 12.0. The molecule has 2 aromatic heterocycles. The van der Waals surface area contributed by atoms with E-state index in [4.69, 9.17) is 11.6 Å². The SMILES string of the molecule is O=C(Cc1ccncc1)[N+]1([O-])CCN(C2c3ccc(Cl)cc3SCc3cccnc32)CC1=O. The first kappa shape index (κ1) is 22.2. The van der Waals surface area contributed by atoms with E-state index in [1.807, 2.05) is 35.2 Å². The van der Waals surface area contributed by atoms with Crippen molar-refractivity contribution in [2.75, 3.05) is 19.6 Å². The summed E-state index contributed by atoms with van der Waals surface area (Å²) in [6.45, 7) is 0.0429. The molecule has 33 heavy (non-hydrogen) atoms. The predicted octanol–water partition coefficient (Wildman–Crippen LogP) is 3.75. The minimum Gasteiger partial charge on any atom is -0.618 e. The summed E-state index contributed by atoms with van der Waals surface area (Å²) in [4.78, 5) is 37.5. The van der Waals surface area contributed by atoms with Gasteiger partial charge < -0.3 is 5.21 Å². The second-order valence-corrected chi connectivity index (χ2v) is 9.63. The molecule has 1 aromatic carbocycles. The summed E-state index contributed by atoms with van der Waals surface area (Å²) in [5.41, 5.74) is 3.62. The molecular formula is C24H21ClN4O3S. The molecule has 1 saturated heterocycles. The van der Waals surface area contributed by atoms with Crippen LogP contribution in [-0.2, 0) is 21.8 Å². The van der Waals surface area contributed by atoms with Crippen LogP contribution in [0.5, 0.6) is 0 Å². The van der Waals surface area contributed by atoms with Gasteiger partial charge >= 0.3 is 11.8 Å². The van der Waals surface area contributed by atoms with E-state index >= 15 is 0 Å². The number of carbonyl (C=O) groups excluding carboxylic acids is 2. The van der Waals surface area contributed by atoms with Crippen molar-refractivity contribution in [3.05, 3.63) is 93.7 Å². The Bertz CT molecular complexity index is 1230. The smallest absolute Gasteiger partial charge is 0.335 e. The number of fused-ring (bicyclic) bond motifs is 2. The summed E-state index contributed by atoms with van der Waals surface area (Å²) in [6.07, 6.45) is 4.78. The van der Waals surface area contributed by atoms with Gasteiger partial charge in [0.15, 0.2) is 0 Å². The lowest BCUT2D eigenvalue weighted by atomic mass is 9.97. The van der Waals surface area contributed by atoms with Gasteiger partial charge in [0.25, 0.3) is 0 Å². The Hall–Kier alpha value is -2.62. The minimum absolute atomic E-state index is 0.0937. The summed E-state index contributed by atoms with van der Waals surface area (Å²) in [5.74, 6) is -0.556. The average molecular weight is 481 g/mol. The molecule has 2 atom stereocenters. The van der Waals surface area contributed by atoms with Crippen LogP contribution < -0.4 is 0 Å². The summed E-state index contributed by atoms with van der Waals surface area (Å²) in [5, 5.41) is 14.0. The number of thioether (sulfide) groups is 1. The number of quaternary nitrogens is 1. The van der Waals surface area contributed by atoms with E-state index in [-0.39, 0.29) is 25.6 Å². The number of aromatic nitrogens is 2. The maximum atomic E-state index is 13.3. The zero-order valence-corrected chi connectivity index (χ0v) is 19.3. The molecule has 4 heterocycles. The molecule has 2 aliphatic rings. The van der Waals surface area contributed by atoms with E-state index < -0.39 is 16.5 Å². The molecule has 3 aromatic rings. The van der Waals surface area contributed by atoms with E-state index in [9.17, 15) is 14.8 Å². The fraction of sp³-hybridized carbons (Fsp3) is 0.250. The van der Waals surface area contributed by atoms with Crippen LogP contribution in [0.4, 0.5) is 0 Å². The standard InChI is InChI=1S/C24H21ClN4O3S/c25-18-3-4-19-20(13-18)33-15-17-2-1-7-27-23(17)24(19)28-10-11-29(32,22(31)14-28)21(30)12-16-5-8-26-9-6-16/h1-9,13,24H,10-12,14-15H2. The third kappa shape index (κ3) is 4.20. The second-order valence-electron chi connectivity index (χ2n) is 8.17. The van der Waals surface area contributed by atoms with Gasteiger partial charge in [-0.05, 0) is 47.0 Å². The molecule has 0 spiro atoms. The maximum Gasteiger partial charge on any atom is 0.335 e. The van der Waals surface area contributed by atoms with Crippen molar-refractivity contribution in [3.63, 3.8) is 0 Å². The van der Waals surface area contributed by atoms with Crippen molar-refractivity contribution in [3.8, 4) is 0 Å². The van der Waals surface area contributed by atoms with Crippen molar-refractivity contribution in [2.45, 2.75) is 23.1 Å². The number of hydrogen-bond acceptors (Lipinski definition) is 7. The molecule has 168 valence electrons. The fourth-order valence-corrected chi connectivity index (χ4v) is 5.75. The van der Waals surface area contributed by atoms with Crippen LogP contribution in [0.2, 0.25) is 5.02 Å². The molecule has 0 saturated carbocycles. The van der Waals surface area contributed by atoms with Crippen molar-refractivity contribution in [1.82, 2.24) is 14.9 Å². The number of piperazine rings is 1. The zero-order chi connectivity index (χ0) is 23.0. The lowest BCUT2D eigenvalue weighted by Crippen LogP contribution is -2.63. The van der Waals surface area contributed by atoms with Crippen molar-refractivity contribution < 1.29 is 14.2 Å². The number of pyridine rings is 2. The maximum absolute atomic E-state index is 13.3. The number of benzene rings is 1. The Labute approximate surface area is 200 Å². The summed E-state index contributed by atoms with van der Waals surface area (Å²) >= 11 is 7.93. The Morgan fingerprint density at radius 1 is 1.21 bits per heavy atom. The fourth-order valence-electron chi connectivity index (χ4n) is 4.40. The molecule has 9 heteroatoms. The molecule has 2 amide bonds. The van der Waals surface area contributed by atoms with Gasteiger partial charge in [-0.25, -0.2) is 14.2 Å². The molecular weight excluding hydrogens is 460 g/mol. The molecule has 0 bridgehead atoms. The normalized spacial score (nSPS) is 22.8. The number of amides is 2. The van der Waals surface area contributed by atoms with Gasteiger partial charge in [-0.1, -0.05) is 23.7 Å². The van der Waals surface area contributed by atoms with E-state index in [0.29, 0.717) is 17.1 Å². The third-order valence-electron chi connectivity index (χ3n) is 6.15. The number of halogens is 1. The zero-order valence-electron chi connectivity index (χ0n) is 17.7. The highest BCUT2D eigenvalue weighted by molar-refractivity contribution is 7.98. The van der Waals surface area contributed by atoms with Crippen LogP contribution in [0, 0.1) is 5.21 Å². The molecule has 2 unspecified atom stereocenters. The first-order chi connectivity index (χ1) is 16.0. The van der Waals surface area contributed by atoms with Crippen molar-refractivity contribution in [1.29, 1.82) is 0 Å². The topological polar surface area (TPSA) is 86.2 Å². The highest BCUT2D eigenvalue weighted by Crippen LogP contribution is 2.43. The van der Waals surface area contributed by atoms with Gasteiger partial charge in [0.2, 0.25) is 0 Å². The van der Waals surface area contributed by atoms with Gasteiger partial charge in [0.05, 0.1) is 24.7 Å². The van der Waals surface area contributed by atoms with E-state index in [0.717, 1.165) is 27.5 Å². The van der Waals surface area contributed by atoms with Crippen LogP contribution >= 0.6 is 23.4 Å². The molecule has 1 fully saturated rings. The molecule has 0 radical (unpaired) electrons. The van der Waals surface area contributed by atoms with Crippen LogP contribution in [0.3, 0.4) is 0 Å². The Kier molecular flexibility index (Phi) is 6.03. The van der Waals surface area contributed by atoms with Crippen molar-refractivity contribution in [2.24, 2.45) is 0 Å². The first-order valence-electron chi connectivity index (χ1n) is 10.6. The summed E-state index contributed by atoms with van der Waals surface area (Å²) in [6, 6.07) is 12.7. The summed E-state index contributed by atoms with van der Waals surface area (Å²) < 4.78 is -1.44. The molecule has 0 aliphatic carbocycles. The van der Waals surface area contributed by atoms with Crippen LogP contribution in [-0.4, -0.2) is 51.0 Å². The highest BCUT2D eigenvalue weighted by atomic mass is 35.5. The Balaban J connectivity index is 1.45. The van der Waals surface area contributed by atoms with E-state index in [1.165, 1.54) is 0 Å². The monoisotopic (exact) mass is 480 g/mol. The Morgan fingerprint density at radius 2 is 2.03 bits per heavy atom. The van der Waals surface area contributed by atoms with Gasteiger partial charge in [0, 0.05) is 34.3 Å². The third-order valence-corrected chi connectivity index (χ3v) is 7.51. The van der Waals surface area contributed by atoms with Gasteiger partial charge in [-0.2, -0.15) is 0 Å². The quantitative estimate of drug-likeness (QED) is 0.416. The van der Waals surface area contributed by atoms with Crippen LogP contribution in [0.1, 0.15) is 28.4 Å². The second kappa shape index (κ2) is 8.96. The van der Waals surface area contributed by atoms with Crippen LogP contribution in [0.15, 0.2) is 66.0 Å². The number of rotatable bonds is 3. The number of imide groups is 1.